The third-order valence-electron chi connectivity index (χ3n) is 4.13. The van der Waals surface area contributed by atoms with Crippen LogP contribution in [0.5, 0.6) is 0 Å². The zero-order valence-corrected chi connectivity index (χ0v) is 17.9. The number of nitrogens with one attached hydrogen (secondary N) is 2. The van der Waals surface area contributed by atoms with Crippen molar-refractivity contribution >= 4 is 28.0 Å². The quantitative estimate of drug-likeness (QED) is 0.625. The first-order chi connectivity index (χ1) is 14.6. The van der Waals surface area contributed by atoms with Crippen molar-refractivity contribution in [2.24, 2.45) is 0 Å². The lowest BCUT2D eigenvalue weighted by molar-refractivity contribution is -0.0536. The van der Waals surface area contributed by atoms with E-state index >= 15 is 0 Å². The molecule has 12 heteroatoms. The Morgan fingerprint density at radius 2 is 1.87 bits per heavy atom. The molecule has 2 amide bonds. The van der Waals surface area contributed by atoms with Crippen LogP contribution in [0.4, 0.5) is 10.7 Å². The highest BCUT2D eigenvalue weighted by Crippen LogP contribution is 2.18. The first-order valence-corrected chi connectivity index (χ1v) is 10.8. The number of sulfonamides is 1. The summed E-state index contributed by atoms with van der Waals surface area (Å²) in [4.78, 5) is 32.3. The summed E-state index contributed by atoms with van der Waals surface area (Å²) in [5.41, 5.74) is 0.979. The van der Waals surface area contributed by atoms with E-state index < -0.39 is 39.3 Å². The van der Waals surface area contributed by atoms with E-state index in [-0.39, 0.29) is 24.7 Å². The van der Waals surface area contributed by atoms with E-state index in [4.69, 9.17) is 14.2 Å². The Morgan fingerprint density at radius 3 is 2.52 bits per heavy atom. The summed E-state index contributed by atoms with van der Waals surface area (Å²) >= 11 is 0. The van der Waals surface area contributed by atoms with E-state index in [2.05, 4.69) is 15.3 Å². The molecule has 1 aliphatic heterocycles. The van der Waals surface area contributed by atoms with Crippen LogP contribution in [0.1, 0.15) is 28.7 Å². The van der Waals surface area contributed by atoms with E-state index in [0.29, 0.717) is 11.4 Å². The van der Waals surface area contributed by atoms with Gasteiger partial charge in [-0.05, 0) is 39.0 Å². The molecule has 0 saturated carbocycles. The lowest BCUT2D eigenvalue weighted by Crippen LogP contribution is -2.35. The highest BCUT2D eigenvalue weighted by molar-refractivity contribution is 7.90. The number of esters is 1. The number of ether oxygens (including phenoxy) is 3. The van der Waals surface area contributed by atoms with Gasteiger partial charge in [-0.1, -0.05) is 12.1 Å². The maximum Gasteiger partial charge on any atom is 0.339 e. The van der Waals surface area contributed by atoms with Crippen molar-refractivity contribution in [2.45, 2.75) is 38.1 Å². The minimum atomic E-state index is -4.40. The SMILES string of the molecule is Cc1cc(C)nc(NC(=O)NS(=O)(=O)c2ccccc2C(=O)OC[C@@H]2CO[C@H](C)O2)n1. The molecule has 0 unspecified atom stereocenters. The van der Waals surface area contributed by atoms with Crippen LogP contribution >= 0.6 is 0 Å². The Labute approximate surface area is 179 Å². The maximum atomic E-state index is 12.7. The fourth-order valence-corrected chi connectivity index (χ4v) is 3.99. The third kappa shape index (κ3) is 5.96. The first-order valence-electron chi connectivity index (χ1n) is 9.33. The van der Waals surface area contributed by atoms with E-state index in [1.807, 2.05) is 4.72 Å². The second-order valence-corrected chi connectivity index (χ2v) is 8.44. The molecule has 2 aromatic rings. The van der Waals surface area contributed by atoms with E-state index in [9.17, 15) is 18.0 Å². The molecule has 3 rings (SSSR count). The number of aromatic nitrogens is 2. The molecule has 166 valence electrons. The standard InChI is InChI=1S/C19H22N4O7S/c1-11-8-12(2)21-18(20-11)22-19(25)23-31(26,27)16-7-5-4-6-15(16)17(24)29-10-14-9-28-13(3)30-14/h4-8,13-14H,9-10H2,1-3H3,(H2,20,21,22,23,25)/t13-,14-/m0/s1. The average Bonchev–Trinajstić information content (AvgIpc) is 3.10. The van der Waals surface area contributed by atoms with Crippen LogP contribution in [0, 0.1) is 13.8 Å². The molecule has 1 saturated heterocycles. The minimum Gasteiger partial charge on any atom is -0.459 e. The van der Waals surface area contributed by atoms with Crippen LogP contribution in [0.3, 0.4) is 0 Å². The molecule has 31 heavy (non-hydrogen) atoms. The fourth-order valence-electron chi connectivity index (χ4n) is 2.88. The zero-order chi connectivity index (χ0) is 22.6. The number of urea groups is 1. The number of carbonyl (C=O) groups excluding carboxylic acids is 2. The lowest BCUT2D eigenvalue weighted by Gasteiger charge is -2.13. The zero-order valence-electron chi connectivity index (χ0n) is 17.1. The van der Waals surface area contributed by atoms with Crippen molar-refractivity contribution in [3.05, 3.63) is 47.3 Å². The molecule has 11 nitrogen and oxygen atoms in total. The number of benzene rings is 1. The second kappa shape index (κ2) is 9.37. The summed E-state index contributed by atoms with van der Waals surface area (Å²) in [6, 6.07) is 6.01. The molecule has 2 N–H and O–H groups in total. The molecular weight excluding hydrogens is 428 g/mol. The molecule has 0 spiro atoms. The summed E-state index contributed by atoms with van der Waals surface area (Å²) in [5, 5.41) is 2.27. The van der Waals surface area contributed by atoms with Crippen molar-refractivity contribution in [2.75, 3.05) is 18.5 Å². The van der Waals surface area contributed by atoms with Crippen molar-refractivity contribution < 1.29 is 32.2 Å². The number of nitrogens with zero attached hydrogens (tertiary/aromatic N) is 2. The van der Waals surface area contributed by atoms with E-state index in [1.165, 1.54) is 24.3 Å². The van der Waals surface area contributed by atoms with E-state index in [1.54, 1.807) is 26.8 Å². The van der Waals surface area contributed by atoms with Gasteiger partial charge in [0.2, 0.25) is 5.95 Å². The van der Waals surface area contributed by atoms with Crippen molar-refractivity contribution in [3.63, 3.8) is 0 Å². The van der Waals surface area contributed by atoms with Gasteiger partial charge in [0.1, 0.15) is 17.6 Å². The van der Waals surface area contributed by atoms with Crippen LogP contribution in [0.25, 0.3) is 0 Å². The predicted molar refractivity (Wildman–Crippen MR) is 108 cm³/mol. The molecule has 0 radical (unpaired) electrons. The number of amides is 2. The van der Waals surface area contributed by atoms with Crippen molar-refractivity contribution in [1.82, 2.24) is 14.7 Å². The fraction of sp³-hybridized carbons (Fsp3) is 0.368. The lowest BCUT2D eigenvalue weighted by atomic mass is 10.2. The summed E-state index contributed by atoms with van der Waals surface area (Å²) in [7, 11) is -4.40. The van der Waals surface area contributed by atoms with Gasteiger partial charge in [-0.25, -0.2) is 32.7 Å². The van der Waals surface area contributed by atoms with Gasteiger partial charge in [-0.15, -0.1) is 0 Å². The van der Waals surface area contributed by atoms with Crippen LogP contribution < -0.4 is 10.0 Å². The maximum absolute atomic E-state index is 12.7. The Kier molecular flexibility index (Phi) is 6.83. The van der Waals surface area contributed by atoms with Crippen LogP contribution in [0.2, 0.25) is 0 Å². The van der Waals surface area contributed by atoms with Gasteiger partial charge in [0.05, 0.1) is 12.2 Å². The van der Waals surface area contributed by atoms with Gasteiger partial charge in [-0.3, -0.25) is 5.32 Å². The molecule has 1 aromatic heterocycles. The highest BCUT2D eigenvalue weighted by Gasteiger charge is 2.28. The third-order valence-corrected chi connectivity index (χ3v) is 5.52. The molecule has 1 fully saturated rings. The molecule has 1 aromatic carbocycles. The smallest absolute Gasteiger partial charge is 0.339 e. The molecule has 2 atom stereocenters. The van der Waals surface area contributed by atoms with Crippen LogP contribution in [-0.2, 0) is 24.2 Å². The summed E-state index contributed by atoms with van der Waals surface area (Å²) in [5.74, 6) is -0.923. The normalized spacial score (nSPS) is 18.4. The van der Waals surface area contributed by atoms with Gasteiger partial charge in [0.25, 0.3) is 10.0 Å². The Morgan fingerprint density at radius 1 is 1.19 bits per heavy atom. The van der Waals surface area contributed by atoms with Crippen LogP contribution in [0.15, 0.2) is 35.2 Å². The van der Waals surface area contributed by atoms with Gasteiger partial charge in [0.15, 0.2) is 6.29 Å². The van der Waals surface area contributed by atoms with Crippen LogP contribution in [-0.4, -0.2) is 56.0 Å². The van der Waals surface area contributed by atoms with E-state index in [0.717, 1.165) is 0 Å². The predicted octanol–water partition coefficient (Wildman–Crippen LogP) is 1.52. The number of anilines is 1. The highest BCUT2D eigenvalue weighted by atomic mass is 32.2. The molecular formula is C19H22N4O7S. The molecule has 0 aliphatic carbocycles. The molecule has 2 heterocycles. The van der Waals surface area contributed by atoms with Crippen molar-refractivity contribution in [1.29, 1.82) is 0 Å². The summed E-state index contributed by atoms with van der Waals surface area (Å²) < 4.78 is 43.1. The number of hydrogen-bond acceptors (Lipinski definition) is 9. The average molecular weight is 450 g/mol. The first kappa shape index (κ1) is 22.6. The number of aryl methyl sites for hydroxylation is 2. The molecule has 0 bridgehead atoms. The Hall–Kier alpha value is -3.09. The largest absolute Gasteiger partial charge is 0.459 e. The second-order valence-electron chi connectivity index (χ2n) is 6.79. The number of hydrogen-bond donors (Lipinski definition) is 2. The minimum absolute atomic E-state index is 0.0501. The topological polar surface area (TPSA) is 146 Å². The molecule has 1 aliphatic rings. The van der Waals surface area contributed by atoms with Gasteiger partial charge >= 0.3 is 12.0 Å². The van der Waals surface area contributed by atoms with Gasteiger partial charge in [0, 0.05) is 11.4 Å². The summed E-state index contributed by atoms with van der Waals surface area (Å²) in [6.45, 7) is 5.29. The Bertz CT molecular complexity index is 1070. The van der Waals surface area contributed by atoms with Crippen molar-refractivity contribution in [3.8, 4) is 0 Å². The number of carbonyl (C=O) groups is 2. The van der Waals surface area contributed by atoms with Gasteiger partial charge < -0.3 is 14.2 Å². The number of rotatable bonds is 6. The van der Waals surface area contributed by atoms with Gasteiger partial charge in [-0.2, -0.15) is 0 Å². The monoisotopic (exact) mass is 450 g/mol. The summed E-state index contributed by atoms with van der Waals surface area (Å²) in [6.07, 6.45) is -0.843. The Balaban J connectivity index is 1.70.